The van der Waals surface area contributed by atoms with Crippen molar-refractivity contribution in [1.82, 2.24) is 35.5 Å². The van der Waals surface area contributed by atoms with Crippen LogP contribution in [0.15, 0.2) is 35.0 Å². The molecule has 1 aliphatic heterocycles. The van der Waals surface area contributed by atoms with Crippen LogP contribution in [0.3, 0.4) is 0 Å². The molecule has 0 aliphatic carbocycles. The number of carbonyl (C=O) groups excluding carboxylic acids is 1. The van der Waals surface area contributed by atoms with E-state index < -0.39 is 0 Å². The maximum atomic E-state index is 12.0. The Bertz CT molecular complexity index is 1270. The fraction of sp³-hybridized carbons (Fsp3) is 0.158. The molecule has 0 aromatic carbocycles. The number of rotatable bonds is 4. The van der Waals surface area contributed by atoms with Gasteiger partial charge in [-0.25, -0.2) is 9.97 Å². The zero-order valence-electron chi connectivity index (χ0n) is 15.6. The van der Waals surface area contributed by atoms with Crippen molar-refractivity contribution in [1.29, 1.82) is 0 Å². The molecule has 1 aliphatic rings. The molecule has 150 valence electrons. The summed E-state index contributed by atoms with van der Waals surface area (Å²) in [5, 5.41) is 10.6. The zero-order chi connectivity index (χ0) is 20.7. The van der Waals surface area contributed by atoms with Gasteiger partial charge in [0.05, 0.1) is 5.56 Å². The minimum Gasteiger partial charge on any atom is -0.421 e. The molecule has 0 saturated heterocycles. The lowest BCUT2D eigenvalue weighted by Gasteiger charge is -2.11. The highest BCUT2D eigenvalue weighted by Crippen LogP contribution is 2.32. The molecule has 2 N–H and O–H groups in total. The van der Waals surface area contributed by atoms with Crippen LogP contribution in [-0.2, 0) is 6.42 Å². The Kier molecular flexibility index (Phi) is 4.40. The first-order chi connectivity index (χ1) is 14.6. The molecular weight excluding hydrogens is 410 g/mol. The van der Waals surface area contributed by atoms with E-state index >= 15 is 0 Å². The van der Waals surface area contributed by atoms with Crippen LogP contribution in [0.5, 0.6) is 11.8 Å². The molecule has 0 atom stereocenters. The summed E-state index contributed by atoms with van der Waals surface area (Å²) in [6.45, 7) is 2.29. The number of amides is 1. The summed E-state index contributed by atoms with van der Waals surface area (Å²) in [6, 6.07) is 5.36. The number of aryl methyl sites for hydroxylation is 1. The topological polar surface area (TPSA) is 132 Å². The molecule has 0 spiro atoms. The van der Waals surface area contributed by atoms with E-state index in [1.54, 1.807) is 19.2 Å². The van der Waals surface area contributed by atoms with E-state index in [2.05, 4.69) is 35.5 Å². The Morgan fingerprint density at radius 3 is 2.90 bits per heavy atom. The van der Waals surface area contributed by atoms with Gasteiger partial charge in [-0.2, -0.15) is 4.98 Å². The fourth-order valence-electron chi connectivity index (χ4n) is 3.16. The van der Waals surface area contributed by atoms with Gasteiger partial charge in [0.1, 0.15) is 5.56 Å². The Labute approximate surface area is 174 Å². The van der Waals surface area contributed by atoms with Crippen molar-refractivity contribution in [2.75, 3.05) is 6.54 Å². The lowest BCUT2D eigenvalue weighted by Crippen LogP contribution is -2.31. The normalized spacial score (nSPS) is 13.1. The van der Waals surface area contributed by atoms with Crippen LogP contribution >= 0.6 is 11.6 Å². The van der Waals surface area contributed by atoms with Gasteiger partial charge in [-0.1, -0.05) is 0 Å². The van der Waals surface area contributed by atoms with Gasteiger partial charge in [0.15, 0.2) is 0 Å². The van der Waals surface area contributed by atoms with Gasteiger partial charge in [0.25, 0.3) is 11.8 Å². The molecule has 4 aromatic rings. The van der Waals surface area contributed by atoms with E-state index in [1.165, 1.54) is 6.20 Å². The molecule has 0 radical (unpaired) electrons. The van der Waals surface area contributed by atoms with E-state index in [4.69, 9.17) is 20.8 Å². The number of aromatic amines is 1. The quantitative estimate of drug-likeness (QED) is 0.479. The lowest BCUT2D eigenvalue weighted by atomic mass is 10.1. The van der Waals surface area contributed by atoms with Crippen molar-refractivity contribution < 1.29 is 13.9 Å². The average molecular weight is 424 g/mol. The van der Waals surface area contributed by atoms with E-state index in [-0.39, 0.29) is 28.8 Å². The van der Waals surface area contributed by atoms with E-state index in [0.29, 0.717) is 23.6 Å². The third-order valence-corrected chi connectivity index (χ3v) is 4.71. The molecule has 5 heterocycles. The molecule has 1 amide bonds. The van der Waals surface area contributed by atoms with Gasteiger partial charge in [0, 0.05) is 55.3 Å². The highest BCUT2D eigenvalue weighted by Gasteiger charge is 2.21. The number of nitrogens with zero attached hydrogens (tertiary/aromatic N) is 5. The number of nitrogens with one attached hydrogen (secondary N) is 2. The van der Waals surface area contributed by atoms with Gasteiger partial charge in [-0.05, 0) is 23.7 Å². The van der Waals surface area contributed by atoms with Gasteiger partial charge in [-0.15, -0.1) is 10.2 Å². The predicted molar refractivity (Wildman–Crippen MR) is 105 cm³/mol. The third kappa shape index (κ3) is 3.37. The van der Waals surface area contributed by atoms with Gasteiger partial charge in [0.2, 0.25) is 22.9 Å². The minimum absolute atomic E-state index is 0.00389. The van der Waals surface area contributed by atoms with Crippen molar-refractivity contribution in [3.63, 3.8) is 0 Å². The SMILES string of the molecule is Cc1nnc(-c2cnc(Cl)nc2Oc2cc(-c3cc4c([nH]3)CCNC4=O)ccn2)o1. The first-order valence-corrected chi connectivity index (χ1v) is 9.42. The van der Waals surface area contributed by atoms with Crippen LogP contribution in [0.4, 0.5) is 0 Å². The van der Waals surface area contributed by atoms with Crippen molar-refractivity contribution in [3.05, 3.63) is 53.0 Å². The number of hydrogen-bond donors (Lipinski definition) is 2. The second-order valence-electron chi connectivity index (χ2n) is 6.55. The summed E-state index contributed by atoms with van der Waals surface area (Å²) in [5.74, 6) is 0.925. The number of fused-ring (bicyclic) bond motifs is 1. The van der Waals surface area contributed by atoms with Crippen LogP contribution in [0.25, 0.3) is 22.7 Å². The lowest BCUT2D eigenvalue weighted by molar-refractivity contribution is 0.0946. The highest BCUT2D eigenvalue weighted by molar-refractivity contribution is 6.28. The number of ether oxygens (including phenoxy) is 1. The maximum Gasteiger partial charge on any atom is 0.254 e. The number of carbonyl (C=O) groups is 1. The molecular formula is C19H14ClN7O3. The van der Waals surface area contributed by atoms with Crippen molar-refractivity contribution >= 4 is 17.5 Å². The average Bonchev–Trinajstić information content (AvgIpc) is 3.36. The Hall–Kier alpha value is -3.79. The number of H-pyrrole nitrogens is 1. The number of halogens is 1. The maximum absolute atomic E-state index is 12.0. The second-order valence-corrected chi connectivity index (χ2v) is 6.89. The summed E-state index contributed by atoms with van der Waals surface area (Å²) in [5.41, 5.74) is 3.53. The monoisotopic (exact) mass is 423 g/mol. The molecule has 0 unspecified atom stereocenters. The van der Waals surface area contributed by atoms with Crippen molar-refractivity contribution in [2.45, 2.75) is 13.3 Å². The Balaban J connectivity index is 1.49. The molecule has 0 saturated carbocycles. The molecule has 5 rings (SSSR count). The van der Waals surface area contributed by atoms with E-state index in [0.717, 1.165) is 23.4 Å². The molecule has 0 bridgehead atoms. The molecule has 0 fully saturated rings. The Morgan fingerprint density at radius 1 is 1.20 bits per heavy atom. The molecule has 11 heteroatoms. The van der Waals surface area contributed by atoms with Crippen LogP contribution in [-0.4, -0.2) is 42.6 Å². The van der Waals surface area contributed by atoms with Crippen LogP contribution < -0.4 is 10.1 Å². The molecule has 30 heavy (non-hydrogen) atoms. The summed E-state index contributed by atoms with van der Waals surface area (Å²) >= 11 is 5.94. The summed E-state index contributed by atoms with van der Waals surface area (Å²) in [4.78, 5) is 27.6. The van der Waals surface area contributed by atoms with Crippen LogP contribution in [0.2, 0.25) is 5.28 Å². The largest absolute Gasteiger partial charge is 0.421 e. The zero-order valence-corrected chi connectivity index (χ0v) is 16.4. The first kappa shape index (κ1) is 18.3. The van der Waals surface area contributed by atoms with Gasteiger partial charge >= 0.3 is 0 Å². The molecule has 4 aromatic heterocycles. The second kappa shape index (κ2) is 7.23. The number of aromatic nitrogens is 6. The van der Waals surface area contributed by atoms with E-state index in [1.807, 2.05) is 12.1 Å². The highest BCUT2D eigenvalue weighted by atomic mass is 35.5. The number of hydrogen-bond acceptors (Lipinski definition) is 8. The summed E-state index contributed by atoms with van der Waals surface area (Å²) in [7, 11) is 0. The van der Waals surface area contributed by atoms with Crippen LogP contribution in [0.1, 0.15) is 21.9 Å². The summed E-state index contributed by atoms with van der Waals surface area (Å²) < 4.78 is 11.3. The van der Waals surface area contributed by atoms with Crippen LogP contribution in [0, 0.1) is 6.92 Å². The first-order valence-electron chi connectivity index (χ1n) is 9.04. The van der Waals surface area contributed by atoms with Crippen molar-refractivity contribution in [2.24, 2.45) is 0 Å². The third-order valence-electron chi connectivity index (χ3n) is 4.53. The van der Waals surface area contributed by atoms with Gasteiger partial charge in [-0.3, -0.25) is 4.79 Å². The fourth-order valence-corrected chi connectivity index (χ4v) is 3.28. The standard InChI is InChI=1S/C19H14ClN7O3/c1-9-26-27-18(29-9)12-8-23-19(20)25-17(12)30-15-6-10(2-4-21-15)14-7-11-13(24-14)3-5-22-16(11)28/h2,4,6-8,24H,3,5H2,1H3,(H,22,28). The molecule has 10 nitrogen and oxygen atoms in total. The smallest absolute Gasteiger partial charge is 0.254 e. The minimum atomic E-state index is -0.0839. The van der Waals surface area contributed by atoms with Crippen molar-refractivity contribution in [3.8, 4) is 34.5 Å². The Morgan fingerprint density at radius 2 is 2.10 bits per heavy atom. The van der Waals surface area contributed by atoms with Gasteiger partial charge < -0.3 is 19.5 Å². The van der Waals surface area contributed by atoms with E-state index in [9.17, 15) is 4.79 Å². The summed E-state index contributed by atoms with van der Waals surface area (Å²) in [6.07, 6.45) is 3.80. The predicted octanol–water partition coefficient (Wildman–Crippen LogP) is 2.96. The number of pyridine rings is 1.